The molecule has 0 saturated heterocycles. The zero-order valence-corrected chi connectivity index (χ0v) is 13.5. The summed E-state index contributed by atoms with van der Waals surface area (Å²) in [5, 5.41) is 16.1. The third kappa shape index (κ3) is 4.88. The van der Waals surface area contributed by atoms with E-state index in [4.69, 9.17) is 0 Å². The summed E-state index contributed by atoms with van der Waals surface area (Å²) in [6.07, 6.45) is 2.06. The molecule has 0 unspecified atom stereocenters. The largest absolute Gasteiger partial charge is 0.386 e. The van der Waals surface area contributed by atoms with Gasteiger partial charge in [0.1, 0.15) is 5.82 Å². The van der Waals surface area contributed by atoms with Crippen LogP contribution in [0.25, 0.3) is 0 Å². The van der Waals surface area contributed by atoms with Crippen LogP contribution in [0.4, 0.5) is 9.18 Å². The number of amides is 2. The van der Waals surface area contributed by atoms with Gasteiger partial charge in [0, 0.05) is 23.4 Å². The molecule has 1 aliphatic carbocycles. The Morgan fingerprint density at radius 2 is 2.23 bits per heavy atom. The molecular weight excluding hydrogens is 303 g/mol. The van der Waals surface area contributed by atoms with E-state index in [1.54, 1.807) is 12.1 Å². The van der Waals surface area contributed by atoms with Crippen molar-refractivity contribution >= 4 is 17.8 Å². The van der Waals surface area contributed by atoms with Gasteiger partial charge in [-0.1, -0.05) is 25.1 Å². The maximum atomic E-state index is 13.5. The molecule has 4 nitrogen and oxygen atoms in total. The first-order valence-corrected chi connectivity index (χ1v) is 8.73. The Bertz CT molecular complexity index is 501. The SMILES string of the molecule is CCS[C@@H]1CC[C@@H](NC(=O)NC[C@@H](O)c2ccccc2F)C1. The molecule has 3 atom stereocenters. The van der Waals surface area contributed by atoms with E-state index in [2.05, 4.69) is 17.6 Å². The molecule has 2 amide bonds. The number of thioether (sulfide) groups is 1. The van der Waals surface area contributed by atoms with Crippen molar-refractivity contribution in [2.45, 2.75) is 43.6 Å². The number of benzene rings is 1. The van der Waals surface area contributed by atoms with Crippen LogP contribution in [-0.4, -0.2) is 34.7 Å². The zero-order valence-electron chi connectivity index (χ0n) is 12.7. The molecular formula is C16H23FN2O2S. The van der Waals surface area contributed by atoms with Crippen LogP contribution < -0.4 is 10.6 Å². The normalized spacial score (nSPS) is 22.3. The molecule has 22 heavy (non-hydrogen) atoms. The first kappa shape index (κ1) is 17.1. The van der Waals surface area contributed by atoms with Gasteiger partial charge in [0.2, 0.25) is 0 Å². The van der Waals surface area contributed by atoms with Gasteiger partial charge in [-0.25, -0.2) is 9.18 Å². The average molecular weight is 326 g/mol. The predicted molar refractivity (Wildman–Crippen MR) is 87.5 cm³/mol. The van der Waals surface area contributed by atoms with Gasteiger partial charge < -0.3 is 15.7 Å². The van der Waals surface area contributed by atoms with Crippen LogP contribution in [0, 0.1) is 5.82 Å². The highest BCUT2D eigenvalue weighted by Crippen LogP contribution is 2.29. The number of aliphatic hydroxyl groups is 1. The number of hydrogen-bond donors (Lipinski definition) is 3. The van der Waals surface area contributed by atoms with Gasteiger partial charge in [0.15, 0.2) is 0 Å². The monoisotopic (exact) mass is 326 g/mol. The van der Waals surface area contributed by atoms with Crippen molar-refractivity contribution in [3.63, 3.8) is 0 Å². The van der Waals surface area contributed by atoms with Gasteiger partial charge in [0.25, 0.3) is 0 Å². The van der Waals surface area contributed by atoms with Crippen LogP contribution in [0.2, 0.25) is 0 Å². The molecule has 0 radical (unpaired) electrons. The van der Waals surface area contributed by atoms with Crippen LogP contribution in [0.3, 0.4) is 0 Å². The van der Waals surface area contributed by atoms with Gasteiger partial charge in [-0.05, 0) is 31.1 Å². The fraction of sp³-hybridized carbons (Fsp3) is 0.562. The van der Waals surface area contributed by atoms with Crippen molar-refractivity contribution < 1.29 is 14.3 Å². The first-order valence-electron chi connectivity index (χ1n) is 7.68. The zero-order chi connectivity index (χ0) is 15.9. The minimum atomic E-state index is -1.04. The average Bonchev–Trinajstić information content (AvgIpc) is 2.93. The van der Waals surface area contributed by atoms with E-state index in [1.807, 2.05) is 11.8 Å². The highest BCUT2D eigenvalue weighted by atomic mass is 32.2. The Morgan fingerprint density at radius 1 is 1.45 bits per heavy atom. The quantitative estimate of drug-likeness (QED) is 0.753. The van der Waals surface area contributed by atoms with Gasteiger partial charge in [-0.15, -0.1) is 0 Å². The summed E-state index contributed by atoms with van der Waals surface area (Å²) in [4.78, 5) is 11.9. The maximum Gasteiger partial charge on any atom is 0.315 e. The molecule has 0 heterocycles. The van der Waals surface area contributed by atoms with Crippen LogP contribution in [-0.2, 0) is 0 Å². The highest BCUT2D eigenvalue weighted by Gasteiger charge is 2.25. The summed E-state index contributed by atoms with van der Waals surface area (Å²) in [6.45, 7) is 2.13. The van der Waals surface area contributed by atoms with Crippen molar-refractivity contribution in [3.8, 4) is 0 Å². The van der Waals surface area contributed by atoms with Gasteiger partial charge in [-0.2, -0.15) is 11.8 Å². The summed E-state index contributed by atoms with van der Waals surface area (Å²) < 4.78 is 13.5. The Balaban J connectivity index is 1.73. The van der Waals surface area contributed by atoms with Gasteiger partial charge >= 0.3 is 6.03 Å². The van der Waals surface area contributed by atoms with E-state index in [-0.39, 0.29) is 24.2 Å². The number of halogens is 1. The molecule has 1 aromatic carbocycles. The minimum absolute atomic E-state index is 0.00732. The second-order valence-corrected chi connectivity index (χ2v) is 7.06. The van der Waals surface area contributed by atoms with Gasteiger partial charge in [-0.3, -0.25) is 0 Å². The molecule has 0 aliphatic heterocycles. The van der Waals surface area contributed by atoms with Crippen molar-refractivity contribution in [1.82, 2.24) is 10.6 Å². The lowest BCUT2D eigenvalue weighted by molar-refractivity contribution is 0.168. The molecule has 122 valence electrons. The number of hydrogen-bond acceptors (Lipinski definition) is 3. The molecule has 0 aromatic heterocycles. The second kappa shape index (κ2) is 8.39. The van der Waals surface area contributed by atoms with Crippen LogP contribution >= 0.6 is 11.8 Å². The van der Waals surface area contributed by atoms with Crippen molar-refractivity contribution in [2.75, 3.05) is 12.3 Å². The van der Waals surface area contributed by atoms with E-state index in [0.717, 1.165) is 25.0 Å². The van der Waals surface area contributed by atoms with E-state index in [0.29, 0.717) is 5.25 Å². The van der Waals surface area contributed by atoms with Crippen molar-refractivity contribution in [3.05, 3.63) is 35.6 Å². The van der Waals surface area contributed by atoms with E-state index in [1.165, 1.54) is 12.1 Å². The third-order valence-electron chi connectivity index (χ3n) is 3.84. The fourth-order valence-corrected chi connectivity index (χ4v) is 3.88. The minimum Gasteiger partial charge on any atom is -0.386 e. The summed E-state index contributed by atoms with van der Waals surface area (Å²) in [5.74, 6) is 0.630. The maximum absolute atomic E-state index is 13.5. The highest BCUT2D eigenvalue weighted by molar-refractivity contribution is 7.99. The lowest BCUT2D eigenvalue weighted by Gasteiger charge is -2.16. The summed E-state index contributed by atoms with van der Waals surface area (Å²) in [5.41, 5.74) is 0.197. The molecule has 6 heteroatoms. The summed E-state index contributed by atoms with van der Waals surface area (Å²) >= 11 is 1.93. The Kier molecular flexibility index (Phi) is 6.51. The first-order chi connectivity index (χ1) is 10.6. The topological polar surface area (TPSA) is 61.4 Å². The molecule has 0 spiro atoms. The smallest absolute Gasteiger partial charge is 0.315 e. The number of carbonyl (C=O) groups excluding carboxylic acids is 1. The number of aliphatic hydroxyl groups excluding tert-OH is 1. The molecule has 1 fully saturated rings. The Labute approximate surface area is 134 Å². The Hall–Kier alpha value is -1.27. The van der Waals surface area contributed by atoms with Crippen LogP contribution in [0.5, 0.6) is 0 Å². The number of carbonyl (C=O) groups is 1. The molecule has 1 saturated carbocycles. The lowest BCUT2D eigenvalue weighted by atomic mass is 10.1. The predicted octanol–water partition coefficient (Wildman–Crippen LogP) is 2.83. The number of rotatable bonds is 6. The van der Waals surface area contributed by atoms with Crippen molar-refractivity contribution in [2.24, 2.45) is 0 Å². The molecule has 0 bridgehead atoms. The Morgan fingerprint density at radius 3 is 2.95 bits per heavy atom. The van der Waals surface area contributed by atoms with E-state index < -0.39 is 11.9 Å². The molecule has 2 rings (SSSR count). The van der Waals surface area contributed by atoms with Crippen LogP contribution in [0.15, 0.2) is 24.3 Å². The van der Waals surface area contributed by atoms with Crippen molar-refractivity contribution in [1.29, 1.82) is 0 Å². The second-order valence-electron chi connectivity index (χ2n) is 5.48. The standard InChI is InChI=1S/C16H23FN2O2S/c1-2-22-12-8-7-11(9-12)19-16(21)18-10-15(20)13-5-3-4-6-14(13)17/h3-6,11-12,15,20H,2,7-10H2,1H3,(H2,18,19,21)/t11-,12-,15-/m1/s1. The van der Waals surface area contributed by atoms with E-state index in [9.17, 15) is 14.3 Å². The fourth-order valence-electron chi connectivity index (χ4n) is 2.74. The van der Waals surface area contributed by atoms with Gasteiger partial charge in [0.05, 0.1) is 6.10 Å². The molecule has 1 aliphatic rings. The number of nitrogens with one attached hydrogen (secondary N) is 2. The van der Waals surface area contributed by atoms with Crippen LogP contribution in [0.1, 0.15) is 37.9 Å². The molecule has 3 N–H and O–H groups in total. The lowest BCUT2D eigenvalue weighted by Crippen LogP contribution is -2.42. The number of urea groups is 1. The summed E-state index contributed by atoms with van der Waals surface area (Å²) in [7, 11) is 0. The molecule has 1 aromatic rings. The summed E-state index contributed by atoms with van der Waals surface area (Å²) in [6, 6.07) is 5.92. The third-order valence-corrected chi connectivity index (χ3v) is 5.08. The van der Waals surface area contributed by atoms with E-state index >= 15 is 0 Å².